The average Bonchev–Trinajstić information content (AvgIpc) is 2.67. The van der Waals surface area contributed by atoms with Crippen molar-refractivity contribution in [2.75, 3.05) is 6.61 Å². The van der Waals surface area contributed by atoms with E-state index in [0.717, 1.165) is 9.99 Å². The van der Waals surface area contributed by atoms with Gasteiger partial charge in [0, 0.05) is 23.1 Å². The third kappa shape index (κ3) is 2.42. The van der Waals surface area contributed by atoms with Crippen molar-refractivity contribution >= 4 is 33.2 Å². The van der Waals surface area contributed by atoms with Gasteiger partial charge in [0.2, 0.25) is 0 Å². The Hall–Kier alpha value is -1.62. The van der Waals surface area contributed by atoms with Crippen molar-refractivity contribution in [1.82, 2.24) is 4.40 Å². The van der Waals surface area contributed by atoms with E-state index in [4.69, 9.17) is 4.74 Å². The molecule has 4 nitrogen and oxygen atoms in total. The van der Waals surface area contributed by atoms with Crippen LogP contribution in [-0.2, 0) is 4.74 Å². The largest absolute Gasteiger partial charge is 0.462 e. The van der Waals surface area contributed by atoms with Gasteiger partial charge in [0.05, 0.1) is 17.9 Å². The first-order valence-corrected chi connectivity index (χ1v) is 6.74. The number of pyridine rings is 1. The van der Waals surface area contributed by atoms with E-state index in [2.05, 4.69) is 15.9 Å². The van der Waals surface area contributed by atoms with Crippen LogP contribution in [0, 0.1) is 6.92 Å². The molecule has 0 atom stereocenters. The van der Waals surface area contributed by atoms with E-state index < -0.39 is 5.97 Å². The van der Waals surface area contributed by atoms with Gasteiger partial charge in [-0.3, -0.25) is 4.79 Å². The molecule has 0 spiro atoms. The summed E-state index contributed by atoms with van der Waals surface area (Å²) in [5, 5.41) is 0. The molecular weight excluding hydrogens is 310 g/mol. The molecule has 0 aliphatic heterocycles. The molecule has 0 N–H and O–H groups in total. The minimum atomic E-state index is -0.401. The number of carbonyl (C=O) groups excluding carboxylic acids is 2. The van der Waals surface area contributed by atoms with E-state index >= 15 is 0 Å². The minimum Gasteiger partial charge on any atom is -0.462 e. The lowest BCUT2D eigenvalue weighted by molar-refractivity contribution is 0.0525. The Bertz CT molecular complexity index is 673. The summed E-state index contributed by atoms with van der Waals surface area (Å²) in [7, 11) is 0. The van der Waals surface area contributed by atoms with Crippen LogP contribution in [0.1, 0.15) is 40.3 Å². The Balaban J connectivity index is 2.76. The Labute approximate surface area is 119 Å². The molecule has 19 heavy (non-hydrogen) atoms. The zero-order valence-corrected chi connectivity index (χ0v) is 12.6. The van der Waals surface area contributed by atoms with Gasteiger partial charge in [0.25, 0.3) is 0 Å². The highest BCUT2D eigenvalue weighted by atomic mass is 79.9. The monoisotopic (exact) mass is 323 g/mol. The van der Waals surface area contributed by atoms with Crippen molar-refractivity contribution in [3.05, 3.63) is 39.6 Å². The molecule has 0 fully saturated rings. The number of fused-ring (bicyclic) bond motifs is 1. The molecule has 2 heterocycles. The number of esters is 1. The van der Waals surface area contributed by atoms with E-state index in [1.165, 1.54) is 6.92 Å². The number of Topliss-reactive ketones (excluding diaryl/α,β-unsaturated/α-hetero) is 1. The van der Waals surface area contributed by atoms with Gasteiger partial charge in [-0.1, -0.05) is 0 Å². The molecule has 0 bridgehead atoms. The van der Waals surface area contributed by atoms with Crippen LogP contribution < -0.4 is 0 Å². The van der Waals surface area contributed by atoms with Gasteiger partial charge in [0.1, 0.15) is 0 Å². The van der Waals surface area contributed by atoms with Crippen molar-refractivity contribution in [2.45, 2.75) is 20.8 Å². The maximum absolute atomic E-state index is 11.9. The molecule has 100 valence electrons. The first-order chi connectivity index (χ1) is 8.95. The summed E-state index contributed by atoms with van der Waals surface area (Å²) in [6.45, 7) is 5.32. The molecule has 0 amide bonds. The molecule has 5 heteroatoms. The van der Waals surface area contributed by atoms with E-state index in [-0.39, 0.29) is 5.78 Å². The second kappa shape index (κ2) is 5.17. The van der Waals surface area contributed by atoms with E-state index in [9.17, 15) is 9.59 Å². The average molecular weight is 324 g/mol. The summed E-state index contributed by atoms with van der Waals surface area (Å²) in [6.07, 6.45) is 1.81. The molecule has 0 unspecified atom stereocenters. The maximum atomic E-state index is 11.9. The molecule has 0 saturated carbocycles. The van der Waals surface area contributed by atoms with Crippen LogP contribution in [0.25, 0.3) is 5.52 Å². The maximum Gasteiger partial charge on any atom is 0.338 e. The molecule has 0 aliphatic carbocycles. The first kappa shape index (κ1) is 13.8. The van der Waals surface area contributed by atoms with Gasteiger partial charge in [-0.2, -0.15) is 0 Å². The summed E-state index contributed by atoms with van der Waals surface area (Å²) >= 11 is 3.38. The summed E-state index contributed by atoms with van der Waals surface area (Å²) < 4.78 is 7.67. The van der Waals surface area contributed by atoms with Crippen molar-refractivity contribution in [1.29, 1.82) is 0 Å². The van der Waals surface area contributed by atoms with E-state index in [1.807, 2.05) is 12.3 Å². The Kier molecular flexibility index (Phi) is 3.75. The fraction of sp³-hybridized carbons (Fsp3) is 0.286. The van der Waals surface area contributed by atoms with Crippen molar-refractivity contribution in [3.63, 3.8) is 0 Å². The van der Waals surface area contributed by atoms with Crippen LogP contribution >= 0.6 is 15.9 Å². The number of carbonyl (C=O) groups is 2. The van der Waals surface area contributed by atoms with Crippen LogP contribution in [0.15, 0.2) is 22.8 Å². The van der Waals surface area contributed by atoms with Crippen LogP contribution in [0.4, 0.5) is 0 Å². The number of halogens is 1. The smallest absolute Gasteiger partial charge is 0.338 e. The topological polar surface area (TPSA) is 47.8 Å². The first-order valence-electron chi connectivity index (χ1n) is 5.95. The highest BCUT2D eigenvalue weighted by molar-refractivity contribution is 9.10. The molecule has 2 rings (SSSR count). The Morgan fingerprint density at radius 1 is 1.37 bits per heavy atom. The summed E-state index contributed by atoms with van der Waals surface area (Å²) in [5.41, 5.74) is 2.36. The van der Waals surface area contributed by atoms with Gasteiger partial charge in [0.15, 0.2) is 5.78 Å². The number of rotatable bonds is 3. The van der Waals surface area contributed by atoms with Gasteiger partial charge in [-0.05, 0) is 47.5 Å². The van der Waals surface area contributed by atoms with Crippen LogP contribution in [0.3, 0.4) is 0 Å². The predicted octanol–water partition coefficient (Wildman–Crippen LogP) is 3.39. The molecule has 2 aromatic rings. The fourth-order valence-electron chi connectivity index (χ4n) is 2.17. The standard InChI is InChI=1S/C14H14BrNO3/c1-4-19-14(18)12-6-11-5-10(15)7-16(11)13(8(12)2)9(3)17/h5-7H,4H2,1-3H3. The Morgan fingerprint density at radius 3 is 2.63 bits per heavy atom. The number of aromatic nitrogens is 1. The lowest BCUT2D eigenvalue weighted by Crippen LogP contribution is -2.13. The number of hydrogen-bond acceptors (Lipinski definition) is 3. The number of ketones is 1. The second-order valence-electron chi connectivity index (χ2n) is 4.26. The van der Waals surface area contributed by atoms with Crippen LogP contribution in [0.2, 0.25) is 0 Å². The fourth-order valence-corrected chi connectivity index (χ4v) is 2.61. The van der Waals surface area contributed by atoms with Gasteiger partial charge in [-0.15, -0.1) is 0 Å². The lowest BCUT2D eigenvalue weighted by Gasteiger charge is -2.12. The van der Waals surface area contributed by atoms with Crippen molar-refractivity contribution in [3.8, 4) is 0 Å². The molecule has 0 aliphatic rings. The molecular formula is C14H14BrNO3. The molecule has 0 radical (unpaired) electrons. The van der Waals surface area contributed by atoms with Gasteiger partial charge < -0.3 is 9.14 Å². The highest BCUT2D eigenvalue weighted by Crippen LogP contribution is 2.24. The third-order valence-electron chi connectivity index (χ3n) is 2.94. The normalized spacial score (nSPS) is 10.7. The van der Waals surface area contributed by atoms with Crippen molar-refractivity contribution in [2.24, 2.45) is 0 Å². The van der Waals surface area contributed by atoms with Gasteiger partial charge >= 0.3 is 5.97 Å². The lowest BCUT2D eigenvalue weighted by atomic mass is 10.0. The van der Waals surface area contributed by atoms with Crippen LogP contribution in [-0.4, -0.2) is 22.8 Å². The predicted molar refractivity (Wildman–Crippen MR) is 75.8 cm³/mol. The van der Waals surface area contributed by atoms with Crippen LogP contribution in [0.5, 0.6) is 0 Å². The molecule has 0 saturated heterocycles. The molecule has 2 aromatic heterocycles. The number of hydrogen-bond donors (Lipinski definition) is 0. The molecule has 0 aromatic carbocycles. The quantitative estimate of drug-likeness (QED) is 0.642. The third-order valence-corrected chi connectivity index (χ3v) is 3.37. The summed E-state index contributed by atoms with van der Waals surface area (Å²) in [4.78, 5) is 23.8. The van der Waals surface area contributed by atoms with Gasteiger partial charge in [-0.25, -0.2) is 4.79 Å². The van der Waals surface area contributed by atoms with E-state index in [1.54, 1.807) is 24.3 Å². The number of nitrogens with zero attached hydrogens (tertiary/aromatic N) is 1. The highest BCUT2D eigenvalue weighted by Gasteiger charge is 2.19. The van der Waals surface area contributed by atoms with E-state index in [0.29, 0.717) is 23.4 Å². The SMILES string of the molecule is CCOC(=O)c1cc2cc(Br)cn2c(C(C)=O)c1C. The summed E-state index contributed by atoms with van der Waals surface area (Å²) in [5.74, 6) is -0.487. The second-order valence-corrected chi connectivity index (χ2v) is 5.18. The zero-order valence-electron chi connectivity index (χ0n) is 11.0. The zero-order chi connectivity index (χ0) is 14.2. The number of ether oxygens (including phenoxy) is 1. The minimum absolute atomic E-state index is 0.0863. The van der Waals surface area contributed by atoms with Crippen molar-refractivity contribution < 1.29 is 14.3 Å². The Morgan fingerprint density at radius 2 is 2.05 bits per heavy atom. The summed E-state index contributed by atoms with van der Waals surface area (Å²) in [6, 6.07) is 3.60.